The largest absolute Gasteiger partial charge is 0.340 e. The van der Waals surface area contributed by atoms with E-state index in [1.165, 1.54) is 12.8 Å². The predicted octanol–water partition coefficient (Wildman–Crippen LogP) is 3.50. The van der Waals surface area contributed by atoms with Gasteiger partial charge in [0, 0.05) is 29.0 Å². The number of halogens is 1. The average Bonchev–Trinajstić information content (AvgIpc) is 3.06. The van der Waals surface area contributed by atoms with Crippen LogP contribution in [0.3, 0.4) is 0 Å². The van der Waals surface area contributed by atoms with Crippen molar-refractivity contribution in [2.24, 2.45) is 5.92 Å². The first-order chi connectivity index (χ1) is 11.5. The van der Waals surface area contributed by atoms with Crippen molar-refractivity contribution >= 4 is 28.5 Å². The van der Waals surface area contributed by atoms with Crippen LogP contribution in [0.25, 0.3) is 5.69 Å². The van der Waals surface area contributed by atoms with Crippen molar-refractivity contribution < 1.29 is 4.79 Å². The Morgan fingerprint density at radius 1 is 1.25 bits per heavy atom. The van der Waals surface area contributed by atoms with Crippen molar-refractivity contribution in [3.8, 4) is 5.69 Å². The Morgan fingerprint density at radius 3 is 2.71 bits per heavy atom. The number of piperidine rings is 1. The second kappa shape index (κ2) is 7.70. The molecule has 1 aromatic heterocycles. The van der Waals surface area contributed by atoms with E-state index in [0.717, 1.165) is 34.6 Å². The summed E-state index contributed by atoms with van der Waals surface area (Å²) < 4.78 is 3.15. The Hall–Kier alpha value is -1.34. The van der Waals surface area contributed by atoms with Crippen molar-refractivity contribution in [2.75, 3.05) is 33.7 Å². The fourth-order valence-corrected chi connectivity index (χ4v) is 3.84. The highest BCUT2D eigenvalue weighted by atomic mass is 127. The van der Waals surface area contributed by atoms with Crippen LogP contribution in [0, 0.1) is 9.49 Å². The first-order valence-electron chi connectivity index (χ1n) is 8.42. The van der Waals surface area contributed by atoms with Gasteiger partial charge in [-0.15, -0.1) is 0 Å². The highest BCUT2D eigenvalue weighted by Gasteiger charge is 2.22. The van der Waals surface area contributed by atoms with E-state index >= 15 is 0 Å². The smallest absolute Gasteiger partial charge is 0.270 e. The molecule has 128 valence electrons. The summed E-state index contributed by atoms with van der Waals surface area (Å²) in [5.41, 5.74) is 1.76. The Balaban J connectivity index is 1.72. The summed E-state index contributed by atoms with van der Waals surface area (Å²) in [6.07, 6.45) is 4.31. The van der Waals surface area contributed by atoms with Gasteiger partial charge in [0.15, 0.2) is 0 Å². The van der Waals surface area contributed by atoms with Gasteiger partial charge in [-0.2, -0.15) is 0 Å². The van der Waals surface area contributed by atoms with Crippen LogP contribution in [-0.2, 0) is 0 Å². The number of benzene rings is 1. The first-order valence-corrected chi connectivity index (χ1v) is 9.50. The van der Waals surface area contributed by atoms with E-state index < -0.39 is 0 Å². The molecule has 1 aliphatic heterocycles. The third kappa shape index (κ3) is 4.00. The summed E-state index contributed by atoms with van der Waals surface area (Å²) in [6.45, 7) is 3.10. The lowest BCUT2D eigenvalue weighted by Gasteiger charge is -2.31. The molecule has 5 heteroatoms. The van der Waals surface area contributed by atoms with E-state index in [1.54, 1.807) is 0 Å². The minimum Gasteiger partial charge on any atom is -0.340 e. The van der Waals surface area contributed by atoms with Gasteiger partial charge in [0.25, 0.3) is 5.91 Å². The fraction of sp³-hybridized carbons (Fsp3) is 0.421. The zero-order valence-electron chi connectivity index (χ0n) is 14.3. The van der Waals surface area contributed by atoms with E-state index in [9.17, 15) is 4.79 Å². The second-order valence-corrected chi connectivity index (χ2v) is 7.92. The van der Waals surface area contributed by atoms with Gasteiger partial charge in [-0.05, 0) is 91.8 Å². The van der Waals surface area contributed by atoms with Crippen molar-refractivity contribution in [1.82, 2.24) is 14.4 Å². The maximum atomic E-state index is 12.9. The Bertz CT molecular complexity index is 704. The number of aromatic nitrogens is 1. The molecule has 1 fully saturated rings. The maximum Gasteiger partial charge on any atom is 0.270 e. The van der Waals surface area contributed by atoms with Crippen LogP contribution >= 0.6 is 22.6 Å². The molecule has 2 aromatic rings. The molecule has 1 amide bonds. The van der Waals surface area contributed by atoms with Gasteiger partial charge in [-0.1, -0.05) is 6.07 Å². The molecule has 24 heavy (non-hydrogen) atoms. The molecule has 0 N–H and O–H groups in total. The van der Waals surface area contributed by atoms with Gasteiger partial charge in [-0.3, -0.25) is 4.79 Å². The molecule has 2 heterocycles. The molecule has 1 saturated heterocycles. The molecule has 3 rings (SSSR count). The monoisotopic (exact) mass is 437 g/mol. The number of carbonyl (C=O) groups excluding carboxylic acids is 1. The molecule has 1 aliphatic rings. The average molecular weight is 437 g/mol. The van der Waals surface area contributed by atoms with E-state index in [-0.39, 0.29) is 5.91 Å². The maximum absolute atomic E-state index is 12.9. The SMILES string of the molecule is CN1CCC(CN(C)C(=O)c2cccn2-c2cccc(I)c2)CC1. The molecular weight excluding hydrogens is 413 g/mol. The van der Waals surface area contributed by atoms with Gasteiger partial charge in [0.05, 0.1) is 0 Å². The zero-order valence-corrected chi connectivity index (χ0v) is 16.4. The van der Waals surface area contributed by atoms with Gasteiger partial charge in [-0.25, -0.2) is 0 Å². The normalized spacial score (nSPS) is 16.3. The van der Waals surface area contributed by atoms with Crippen LogP contribution in [0.4, 0.5) is 0 Å². The van der Waals surface area contributed by atoms with E-state index in [1.807, 2.05) is 47.0 Å². The minimum absolute atomic E-state index is 0.0952. The third-order valence-electron chi connectivity index (χ3n) is 4.77. The van der Waals surface area contributed by atoms with Crippen molar-refractivity contribution in [2.45, 2.75) is 12.8 Å². The van der Waals surface area contributed by atoms with Crippen LogP contribution in [-0.4, -0.2) is 54.0 Å². The summed E-state index contributed by atoms with van der Waals surface area (Å²) in [5, 5.41) is 0. The number of likely N-dealkylation sites (tertiary alicyclic amines) is 1. The number of carbonyl (C=O) groups is 1. The fourth-order valence-electron chi connectivity index (χ4n) is 3.32. The second-order valence-electron chi connectivity index (χ2n) is 6.68. The van der Waals surface area contributed by atoms with Crippen molar-refractivity contribution in [3.63, 3.8) is 0 Å². The van der Waals surface area contributed by atoms with Crippen LogP contribution in [0.2, 0.25) is 0 Å². The molecule has 1 aromatic carbocycles. The van der Waals surface area contributed by atoms with Crippen molar-refractivity contribution in [1.29, 1.82) is 0 Å². The molecule has 4 nitrogen and oxygen atoms in total. The lowest BCUT2D eigenvalue weighted by molar-refractivity contribution is 0.0739. The molecule has 0 spiro atoms. The predicted molar refractivity (Wildman–Crippen MR) is 106 cm³/mol. The molecule has 0 saturated carbocycles. The molecule has 0 bridgehead atoms. The summed E-state index contributed by atoms with van der Waals surface area (Å²) >= 11 is 2.30. The lowest BCUT2D eigenvalue weighted by Crippen LogP contribution is -2.38. The Morgan fingerprint density at radius 2 is 2.00 bits per heavy atom. The Kier molecular flexibility index (Phi) is 5.61. The quantitative estimate of drug-likeness (QED) is 0.686. The summed E-state index contributed by atoms with van der Waals surface area (Å²) in [6, 6.07) is 12.1. The zero-order chi connectivity index (χ0) is 17.1. The highest BCUT2D eigenvalue weighted by Crippen LogP contribution is 2.20. The van der Waals surface area contributed by atoms with Gasteiger partial charge in [0.1, 0.15) is 5.69 Å². The Labute approximate surface area is 157 Å². The molecule has 0 unspecified atom stereocenters. The third-order valence-corrected chi connectivity index (χ3v) is 5.44. The lowest BCUT2D eigenvalue weighted by atomic mass is 9.96. The van der Waals surface area contributed by atoms with Crippen LogP contribution in [0.5, 0.6) is 0 Å². The summed E-state index contributed by atoms with van der Waals surface area (Å²) in [4.78, 5) is 17.2. The van der Waals surface area contributed by atoms with Crippen LogP contribution in [0.1, 0.15) is 23.3 Å². The number of rotatable bonds is 4. The number of amides is 1. The highest BCUT2D eigenvalue weighted by molar-refractivity contribution is 14.1. The number of hydrogen-bond acceptors (Lipinski definition) is 2. The van der Waals surface area contributed by atoms with E-state index in [4.69, 9.17) is 0 Å². The first kappa shape index (κ1) is 17.5. The van der Waals surface area contributed by atoms with Crippen molar-refractivity contribution in [3.05, 3.63) is 51.9 Å². The van der Waals surface area contributed by atoms with Gasteiger partial charge in [0.2, 0.25) is 0 Å². The molecule has 0 radical (unpaired) electrons. The standard InChI is InChI=1S/C19H24IN3O/c1-21-11-8-15(9-12-21)14-22(2)19(24)18-7-4-10-23(18)17-6-3-5-16(20)13-17/h3-7,10,13,15H,8-9,11-12,14H2,1-2H3. The van der Waals surface area contributed by atoms with Gasteiger partial charge < -0.3 is 14.4 Å². The number of nitrogens with zero attached hydrogens (tertiary/aromatic N) is 3. The number of hydrogen-bond donors (Lipinski definition) is 0. The minimum atomic E-state index is 0.0952. The van der Waals surface area contributed by atoms with Gasteiger partial charge >= 0.3 is 0 Å². The van der Waals surface area contributed by atoms with Crippen LogP contribution < -0.4 is 0 Å². The molecule has 0 atom stereocenters. The molecular formula is C19H24IN3O. The summed E-state index contributed by atoms with van der Waals surface area (Å²) in [7, 11) is 4.09. The van der Waals surface area contributed by atoms with E-state index in [2.05, 4.69) is 46.7 Å². The molecule has 0 aliphatic carbocycles. The topological polar surface area (TPSA) is 28.5 Å². The summed E-state index contributed by atoms with van der Waals surface area (Å²) in [5.74, 6) is 0.703. The van der Waals surface area contributed by atoms with E-state index in [0.29, 0.717) is 5.92 Å². The van der Waals surface area contributed by atoms with Crippen LogP contribution in [0.15, 0.2) is 42.6 Å².